The number of nitrogens with zero attached hydrogens (tertiary/aromatic N) is 2. The van der Waals surface area contributed by atoms with Gasteiger partial charge in [0.25, 0.3) is 5.56 Å². The van der Waals surface area contributed by atoms with Crippen LogP contribution in [0.4, 0.5) is 0 Å². The van der Waals surface area contributed by atoms with Gasteiger partial charge in [-0.25, -0.2) is 4.98 Å². The first-order chi connectivity index (χ1) is 13.1. The largest absolute Gasteiger partial charge is 0.351 e. The smallest absolute Gasteiger partial charge is 0.262 e. The van der Waals surface area contributed by atoms with Crippen LogP contribution < -0.4 is 10.9 Å². The molecular weight excluding hydrogens is 358 g/mol. The molecule has 0 radical (unpaired) electrons. The zero-order chi connectivity index (χ0) is 19.2. The zero-order valence-corrected chi connectivity index (χ0v) is 16.0. The van der Waals surface area contributed by atoms with Gasteiger partial charge in [-0.05, 0) is 30.2 Å². The van der Waals surface area contributed by atoms with Gasteiger partial charge in [0, 0.05) is 13.1 Å². The first-order valence-corrected chi connectivity index (χ1v) is 9.63. The normalized spacial score (nSPS) is 10.7. The summed E-state index contributed by atoms with van der Waals surface area (Å²) in [5, 5.41) is 4.00. The minimum atomic E-state index is -0.122. The van der Waals surface area contributed by atoms with Crippen molar-refractivity contribution in [1.82, 2.24) is 14.9 Å². The fraction of sp³-hybridized carbons (Fsp3) is 0.190. The van der Waals surface area contributed by atoms with Gasteiger partial charge in [0.1, 0.15) is 0 Å². The first kappa shape index (κ1) is 18.9. The number of para-hydroxylation sites is 1. The second-order valence-electron chi connectivity index (χ2n) is 6.11. The van der Waals surface area contributed by atoms with E-state index >= 15 is 0 Å². The Morgan fingerprint density at radius 2 is 1.96 bits per heavy atom. The third-order valence-corrected chi connectivity index (χ3v) is 5.18. The molecule has 138 valence electrons. The highest BCUT2D eigenvalue weighted by molar-refractivity contribution is 7.99. The van der Waals surface area contributed by atoms with E-state index in [2.05, 4.69) is 16.9 Å². The van der Waals surface area contributed by atoms with Crippen LogP contribution in [-0.4, -0.2) is 21.2 Å². The van der Waals surface area contributed by atoms with Gasteiger partial charge in [-0.3, -0.25) is 14.2 Å². The van der Waals surface area contributed by atoms with Crippen LogP contribution in [0.1, 0.15) is 11.1 Å². The lowest BCUT2D eigenvalue weighted by atomic mass is 10.1. The zero-order valence-electron chi connectivity index (χ0n) is 15.1. The van der Waals surface area contributed by atoms with E-state index < -0.39 is 0 Å². The van der Waals surface area contributed by atoms with E-state index in [-0.39, 0.29) is 17.2 Å². The van der Waals surface area contributed by atoms with Crippen molar-refractivity contribution in [2.45, 2.75) is 25.2 Å². The summed E-state index contributed by atoms with van der Waals surface area (Å²) in [7, 11) is 0. The van der Waals surface area contributed by atoms with Crippen LogP contribution in [0.3, 0.4) is 0 Å². The maximum Gasteiger partial charge on any atom is 0.262 e. The third kappa shape index (κ3) is 4.46. The number of aromatic nitrogens is 2. The molecule has 3 aromatic rings. The van der Waals surface area contributed by atoms with Gasteiger partial charge in [0.2, 0.25) is 5.91 Å². The molecule has 0 atom stereocenters. The molecule has 0 saturated carbocycles. The van der Waals surface area contributed by atoms with E-state index in [1.165, 1.54) is 11.8 Å². The van der Waals surface area contributed by atoms with Crippen molar-refractivity contribution >= 4 is 28.6 Å². The van der Waals surface area contributed by atoms with Crippen LogP contribution in [0, 0.1) is 6.92 Å². The summed E-state index contributed by atoms with van der Waals surface area (Å²) in [6.45, 7) is 6.56. The number of thioether (sulfide) groups is 1. The highest BCUT2D eigenvalue weighted by Gasteiger charge is 2.12. The highest BCUT2D eigenvalue weighted by atomic mass is 32.2. The Kier molecular flexibility index (Phi) is 6.08. The van der Waals surface area contributed by atoms with E-state index in [1.807, 2.05) is 43.3 Å². The number of rotatable bonds is 7. The predicted molar refractivity (Wildman–Crippen MR) is 110 cm³/mol. The molecule has 6 heteroatoms. The first-order valence-electron chi connectivity index (χ1n) is 8.64. The number of benzene rings is 2. The van der Waals surface area contributed by atoms with E-state index in [9.17, 15) is 9.59 Å². The SMILES string of the molecule is C=CCn1c(SCC(=O)NCc2ccccc2C)nc2ccccc2c1=O. The fourth-order valence-corrected chi connectivity index (χ4v) is 3.57. The van der Waals surface area contributed by atoms with E-state index in [0.717, 1.165) is 11.1 Å². The maximum absolute atomic E-state index is 12.7. The molecule has 5 nitrogen and oxygen atoms in total. The Hall–Kier alpha value is -2.86. The summed E-state index contributed by atoms with van der Waals surface area (Å²) < 4.78 is 1.55. The Balaban J connectivity index is 1.73. The second-order valence-corrected chi connectivity index (χ2v) is 7.05. The van der Waals surface area contributed by atoms with Gasteiger partial charge >= 0.3 is 0 Å². The molecular formula is C21H21N3O2S. The van der Waals surface area contributed by atoms with Crippen molar-refractivity contribution in [3.63, 3.8) is 0 Å². The topological polar surface area (TPSA) is 64.0 Å². The molecule has 3 rings (SSSR count). The minimum absolute atomic E-state index is 0.101. The summed E-state index contributed by atoms with van der Waals surface area (Å²) in [5.41, 5.74) is 2.73. The summed E-state index contributed by atoms with van der Waals surface area (Å²) in [6.07, 6.45) is 1.65. The van der Waals surface area contributed by atoms with Crippen molar-refractivity contribution in [2.75, 3.05) is 5.75 Å². The number of fused-ring (bicyclic) bond motifs is 1. The van der Waals surface area contributed by atoms with E-state index in [4.69, 9.17) is 0 Å². The lowest BCUT2D eigenvalue weighted by Crippen LogP contribution is -2.26. The molecule has 2 aromatic carbocycles. The van der Waals surface area contributed by atoms with Crippen molar-refractivity contribution in [2.24, 2.45) is 0 Å². The number of carbonyl (C=O) groups excluding carboxylic acids is 1. The van der Waals surface area contributed by atoms with Crippen molar-refractivity contribution in [1.29, 1.82) is 0 Å². The van der Waals surface area contributed by atoms with E-state index in [0.29, 0.717) is 29.1 Å². The molecule has 0 bridgehead atoms. The second kappa shape index (κ2) is 8.68. The Morgan fingerprint density at radius 3 is 2.74 bits per heavy atom. The Bertz CT molecular complexity index is 1040. The molecule has 1 amide bonds. The molecule has 0 aliphatic carbocycles. The van der Waals surface area contributed by atoms with E-state index in [1.54, 1.807) is 22.8 Å². The average Bonchev–Trinajstić information content (AvgIpc) is 2.68. The van der Waals surface area contributed by atoms with Crippen molar-refractivity contribution in [3.05, 3.63) is 82.7 Å². The van der Waals surface area contributed by atoms with Gasteiger partial charge in [0.15, 0.2) is 5.16 Å². The highest BCUT2D eigenvalue weighted by Crippen LogP contribution is 2.18. The van der Waals surface area contributed by atoms with Crippen LogP contribution in [0.5, 0.6) is 0 Å². The molecule has 0 saturated heterocycles. The van der Waals surface area contributed by atoms with Gasteiger partial charge in [-0.15, -0.1) is 6.58 Å². The standard InChI is InChI=1S/C21H21N3O2S/c1-3-12-24-20(26)17-10-6-7-11-18(17)23-21(24)27-14-19(25)22-13-16-9-5-4-8-15(16)2/h3-11H,1,12-14H2,2H3,(H,22,25). The number of carbonyl (C=O) groups is 1. The summed E-state index contributed by atoms with van der Waals surface area (Å²) >= 11 is 1.26. The Morgan fingerprint density at radius 1 is 1.22 bits per heavy atom. The average molecular weight is 379 g/mol. The van der Waals surface area contributed by atoms with Gasteiger partial charge in [-0.1, -0.05) is 54.2 Å². The maximum atomic E-state index is 12.7. The number of aryl methyl sites for hydroxylation is 1. The molecule has 0 unspecified atom stereocenters. The lowest BCUT2D eigenvalue weighted by molar-refractivity contribution is -0.118. The van der Waals surface area contributed by atoms with Gasteiger partial charge < -0.3 is 5.32 Å². The minimum Gasteiger partial charge on any atom is -0.351 e. The monoisotopic (exact) mass is 379 g/mol. The summed E-state index contributed by atoms with van der Waals surface area (Å²) in [4.78, 5) is 29.5. The quantitative estimate of drug-likeness (QED) is 0.389. The van der Waals surface area contributed by atoms with Crippen LogP contribution in [-0.2, 0) is 17.9 Å². The van der Waals surface area contributed by atoms with Crippen molar-refractivity contribution < 1.29 is 4.79 Å². The summed E-state index contributed by atoms with van der Waals surface area (Å²) in [6, 6.07) is 15.2. The van der Waals surface area contributed by atoms with Gasteiger partial charge in [-0.2, -0.15) is 0 Å². The molecule has 0 aliphatic rings. The van der Waals surface area contributed by atoms with Gasteiger partial charge in [0.05, 0.1) is 16.7 Å². The number of allylic oxidation sites excluding steroid dienone is 1. The molecule has 1 heterocycles. The summed E-state index contributed by atoms with van der Waals surface area (Å²) in [5.74, 6) is 0.0872. The molecule has 0 spiro atoms. The fourth-order valence-electron chi connectivity index (χ4n) is 2.73. The number of hydrogen-bond donors (Lipinski definition) is 1. The van der Waals surface area contributed by atoms with Crippen molar-refractivity contribution in [3.8, 4) is 0 Å². The number of nitrogens with one attached hydrogen (secondary N) is 1. The van der Waals surface area contributed by atoms with Crippen LogP contribution in [0.15, 0.2) is 71.1 Å². The Labute approximate surface area is 162 Å². The van der Waals surface area contributed by atoms with Crippen LogP contribution in [0.2, 0.25) is 0 Å². The molecule has 1 N–H and O–H groups in total. The molecule has 0 aliphatic heterocycles. The third-order valence-electron chi connectivity index (χ3n) is 4.21. The molecule has 0 fully saturated rings. The molecule has 1 aromatic heterocycles. The number of hydrogen-bond acceptors (Lipinski definition) is 4. The van der Waals surface area contributed by atoms with Crippen LogP contribution >= 0.6 is 11.8 Å². The predicted octanol–water partition coefficient (Wildman–Crippen LogP) is 3.30. The molecule has 27 heavy (non-hydrogen) atoms. The van der Waals surface area contributed by atoms with Crippen LogP contribution in [0.25, 0.3) is 10.9 Å². The number of amides is 1. The lowest BCUT2D eigenvalue weighted by Gasteiger charge is -2.12.